The van der Waals surface area contributed by atoms with E-state index < -0.39 is 0 Å². The van der Waals surface area contributed by atoms with Crippen LogP contribution in [-0.4, -0.2) is 12.5 Å². The lowest BCUT2D eigenvalue weighted by atomic mass is 9.93. The van der Waals surface area contributed by atoms with Crippen LogP contribution in [0.15, 0.2) is 6.07 Å². The number of fused-ring (bicyclic) bond motifs is 1. The number of benzene rings is 1. The first-order valence-electron chi connectivity index (χ1n) is 6.92. The number of nitrogens with one attached hydrogen (secondary N) is 1. The number of anilines is 1. The Morgan fingerprint density at radius 3 is 2.79 bits per heavy atom. The number of amides is 1. The molecule has 1 aliphatic heterocycles. The van der Waals surface area contributed by atoms with Gasteiger partial charge in [-0.3, -0.25) is 4.79 Å². The van der Waals surface area contributed by atoms with E-state index in [1.807, 2.05) is 13.8 Å². The normalized spacial score (nSPS) is 17.5. The van der Waals surface area contributed by atoms with Crippen LogP contribution in [0, 0.1) is 6.92 Å². The maximum atomic E-state index is 11.9. The maximum absolute atomic E-state index is 11.9. The molecule has 0 aromatic heterocycles. The van der Waals surface area contributed by atoms with Gasteiger partial charge in [0.05, 0.1) is 5.92 Å². The number of rotatable bonds is 5. The van der Waals surface area contributed by atoms with Crippen LogP contribution >= 0.6 is 11.6 Å². The zero-order valence-corrected chi connectivity index (χ0v) is 12.3. The third-order valence-electron chi connectivity index (χ3n) is 3.85. The average Bonchev–Trinajstić information content (AvgIpc) is 2.71. The van der Waals surface area contributed by atoms with Crippen LogP contribution in [0.4, 0.5) is 5.69 Å². The molecule has 1 aromatic rings. The van der Waals surface area contributed by atoms with Gasteiger partial charge < -0.3 is 11.1 Å². The fourth-order valence-electron chi connectivity index (χ4n) is 2.73. The number of aryl methyl sites for hydroxylation is 1. The van der Waals surface area contributed by atoms with Crippen LogP contribution in [0.3, 0.4) is 0 Å². The second-order valence-electron chi connectivity index (χ2n) is 5.13. The summed E-state index contributed by atoms with van der Waals surface area (Å²) in [4.78, 5) is 11.9. The highest BCUT2D eigenvalue weighted by molar-refractivity contribution is 6.33. The summed E-state index contributed by atoms with van der Waals surface area (Å²) in [5, 5.41) is 3.74. The summed E-state index contributed by atoms with van der Waals surface area (Å²) in [5.74, 6) is 0.0648. The molecule has 4 heteroatoms. The molecule has 1 amide bonds. The summed E-state index contributed by atoms with van der Waals surface area (Å²) in [7, 11) is 0. The van der Waals surface area contributed by atoms with E-state index in [9.17, 15) is 4.79 Å². The molecular formula is C15H21ClN2O. The number of nitrogens with two attached hydrogens (primary N) is 1. The summed E-state index contributed by atoms with van der Waals surface area (Å²) < 4.78 is 0. The number of hydrogen-bond donors (Lipinski definition) is 2. The number of halogens is 1. The summed E-state index contributed by atoms with van der Waals surface area (Å²) in [6, 6.07) is 2.10. The van der Waals surface area contributed by atoms with Gasteiger partial charge >= 0.3 is 0 Å². The molecule has 1 heterocycles. The molecular weight excluding hydrogens is 260 g/mol. The van der Waals surface area contributed by atoms with Crippen molar-refractivity contribution in [3.8, 4) is 0 Å². The van der Waals surface area contributed by atoms with Crippen LogP contribution in [0.2, 0.25) is 5.02 Å². The quantitative estimate of drug-likeness (QED) is 0.813. The molecule has 0 aliphatic carbocycles. The van der Waals surface area contributed by atoms with E-state index in [2.05, 4.69) is 11.4 Å². The van der Waals surface area contributed by atoms with E-state index in [4.69, 9.17) is 17.3 Å². The van der Waals surface area contributed by atoms with Crippen molar-refractivity contribution in [3.05, 3.63) is 27.8 Å². The molecule has 1 aromatic carbocycles. The summed E-state index contributed by atoms with van der Waals surface area (Å²) in [6.45, 7) is 4.72. The van der Waals surface area contributed by atoms with Gasteiger partial charge in [0.1, 0.15) is 0 Å². The zero-order valence-electron chi connectivity index (χ0n) is 11.6. The van der Waals surface area contributed by atoms with Crippen molar-refractivity contribution in [3.63, 3.8) is 0 Å². The van der Waals surface area contributed by atoms with Crippen molar-refractivity contribution in [1.29, 1.82) is 0 Å². The van der Waals surface area contributed by atoms with Crippen molar-refractivity contribution in [2.24, 2.45) is 5.73 Å². The molecule has 0 saturated heterocycles. The molecule has 0 saturated carbocycles. The van der Waals surface area contributed by atoms with Gasteiger partial charge in [-0.1, -0.05) is 24.6 Å². The zero-order chi connectivity index (χ0) is 14.0. The molecule has 0 radical (unpaired) electrons. The van der Waals surface area contributed by atoms with Crippen LogP contribution in [0.1, 0.15) is 48.8 Å². The summed E-state index contributed by atoms with van der Waals surface area (Å²) >= 11 is 6.41. The lowest BCUT2D eigenvalue weighted by molar-refractivity contribution is -0.117. The van der Waals surface area contributed by atoms with E-state index in [0.29, 0.717) is 6.54 Å². The number of carbonyl (C=O) groups excluding carboxylic acids is 1. The lowest BCUT2D eigenvalue weighted by Crippen LogP contribution is -2.10. The fourth-order valence-corrected chi connectivity index (χ4v) is 2.97. The van der Waals surface area contributed by atoms with Gasteiger partial charge in [0.15, 0.2) is 0 Å². The van der Waals surface area contributed by atoms with Gasteiger partial charge in [0.2, 0.25) is 5.91 Å². The van der Waals surface area contributed by atoms with E-state index >= 15 is 0 Å². The third-order valence-corrected chi connectivity index (χ3v) is 4.38. The predicted octanol–water partition coefficient (Wildman–Crippen LogP) is 3.38. The Balaban J connectivity index is 2.36. The largest absolute Gasteiger partial charge is 0.330 e. The number of carbonyl (C=O) groups is 1. The highest BCUT2D eigenvalue weighted by atomic mass is 35.5. The van der Waals surface area contributed by atoms with Crippen LogP contribution in [0.5, 0.6) is 0 Å². The van der Waals surface area contributed by atoms with Gasteiger partial charge in [-0.25, -0.2) is 0 Å². The van der Waals surface area contributed by atoms with Gasteiger partial charge in [-0.05, 0) is 55.8 Å². The van der Waals surface area contributed by atoms with E-state index in [0.717, 1.165) is 53.1 Å². The monoisotopic (exact) mass is 280 g/mol. The van der Waals surface area contributed by atoms with Gasteiger partial charge in [0, 0.05) is 10.7 Å². The Morgan fingerprint density at radius 1 is 1.42 bits per heavy atom. The minimum atomic E-state index is -0.0285. The van der Waals surface area contributed by atoms with Crippen molar-refractivity contribution < 1.29 is 4.79 Å². The maximum Gasteiger partial charge on any atom is 0.232 e. The Morgan fingerprint density at radius 2 is 2.16 bits per heavy atom. The second kappa shape index (κ2) is 5.93. The summed E-state index contributed by atoms with van der Waals surface area (Å²) in [6.07, 6.45) is 3.78. The number of hydrogen-bond acceptors (Lipinski definition) is 2. The Hall–Kier alpha value is -1.06. The van der Waals surface area contributed by atoms with Gasteiger partial charge in [-0.2, -0.15) is 0 Å². The Bertz CT molecular complexity index is 499. The molecule has 0 bridgehead atoms. The van der Waals surface area contributed by atoms with E-state index in [1.165, 1.54) is 0 Å². The minimum Gasteiger partial charge on any atom is -0.330 e. The first-order valence-corrected chi connectivity index (χ1v) is 7.30. The van der Waals surface area contributed by atoms with Gasteiger partial charge in [-0.15, -0.1) is 0 Å². The SMILES string of the molecule is CCC1C(=O)Nc2c1cc(CCCCN)c(Cl)c2C. The number of unbranched alkanes of at least 4 members (excludes halogenated alkanes) is 1. The predicted molar refractivity (Wildman–Crippen MR) is 79.8 cm³/mol. The summed E-state index contributed by atoms with van der Waals surface area (Å²) in [5.41, 5.74) is 9.69. The molecule has 3 nitrogen and oxygen atoms in total. The minimum absolute atomic E-state index is 0.0285. The molecule has 0 spiro atoms. The van der Waals surface area contributed by atoms with Crippen molar-refractivity contribution in [2.75, 3.05) is 11.9 Å². The van der Waals surface area contributed by atoms with Crippen molar-refractivity contribution in [1.82, 2.24) is 0 Å². The molecule has 1 atom stereocenters. The smallest absolute Gasteiger partial charge is 0.232 e. The second-order valence-corrected chi connectivity index (χ2v) is 5.51. The highest BCUT2D eigenvalue weighted by Gasteiger charge is 2.31. The lowest BCUT2D eigenvalue weighted by Gasteiger charge is -2.13. The topological polar surface area (TPSA) is 55.1 Å². The molecule has 2 rings (SSSR count). The average molecular weight is 281 g/mol. The van der Waals surface area contributed by atoms with Crippen molar-refractivity contribution >= 4 is 23.2 Å². The van der Waals surface area contributed by atoms with E-state index in [-0.39, 0.29) is 11.8 Å². The van der Waals surface area contributed by atoms with Crippen LogP contribution < -0.4 is 11.1 Å². The Labute approximate surface area is 119 Å². The molecule has 0 fully saturated rings. The fraction of sp³-hybridized carbons (Fsp3) is 0.533. The first kappa shape index (κ1) is 14.4. The molecule has 19 heavy (non-hydrogen) atoms. The van der Waals surface area contributed by atoms with Crippen LogP contribution in [-0.2, 0) is 11.2 Å². The third kappa shape index (κ3) is 2.63. The molecule has 3 N–H and O–H groups in total. The van der Waals surface area contributed by atoms with E-state index in [1.54, 1.807) is 0 Å². The highest BCUT2D eigenvalue weighted by Crippen LogP contribution is 2.41. The molecule has 104 valence electrons. The Kier molecular flexibility index (Phi) is 4.48. The van der Waals surface area contributed by atoms with Gasteiger partial charge in [0.25, 0.3) is 0 Å². The molecule has 1 unspecified atom stereocenters. The van der Waals surface area contributed by atoms with Crippen LogP contribution in [0.25, 0.3) is 0 Å². The molecule has 1 aliphatic rings. The standard InChI is InChI=1S/C15H21ClN2O/c1-3-11-12-8-10(6-4-5-7-17)13(16)9(2)14(12)18-15(11)19/h8,11H,3-7,17H2,1-2H3,(H,18,19). The first-order chi connectivity index (χ1) is 9.10. The van der Waals surface area contributed by atoms with Crippen molar-refractivity contribution in [2.45, 2.75) is 45.4 Å².